The number of aliphatic carboxylic acids is 1. The van der Waals surface area contributed by atoms with Crippen molar-refractivity contribution in [1.82, 2.24) is 0 Å². The van der Waals surface area contributed by atoms with Gasteiger partial charge in [0.25, 0.3) is 0 Å². The summed E-state index contributed by atoms with van der Waals surface area (Å²) in [6.45, 7) is 1.87. The van der Waals surface area contributed by atoms with Crippen molar-refractivity contribution in [2.45, 2.75) is 25.4 Å². The van der Waals surface area contributed by atoms with Crippen LogP contribution in [0.2, 0.25) is 0 Å². The van der Waals surface area contributed by atoms with E-state index >= 15 is 0 Å². The number of carboxylic acids is 1. The summed E-state index contributed by atoms with van der Waals surface area (Å²) in [5.74, 6) is -1.29. The van der Waals surface area contributed by atoms with Gasteiger partial charge in [0.05, 0.1) is 12.0 Å². The first-order valence-corrected chi connectivity index (χ1v) is 4.95. The van der Waals surface area contributed by atoms with Gasteiger partial charge in [-0.15, -0.1) is 0 Å². The largest absolute Gasteiger partial charge is 0.481 e. The number of hydrogen-bond donors (Lipinski definition) is 1. The van der Waals surface area contributed by atoms with E-state index < -0.39 is 11.9 Å². The molecule has 0 spiro atoms. The molecule has 0 aliphatic carbocycles. The van der Waals surface area contributed by atoms with E-state index in [9.17, 15) is 4.79 Å². The molecule has 0 saturated carbocycles. The summed E-state index contributed by atoms with van der Waals surface area (Å²) >= 11 is 0. The van der Waals surface area contributed by atoms with E-state index in [0.717, 1.165) is 5.56 Å². The monoisotopic (exact) mass is 208 g/mol. The summed E-state index contributed by atoms with van der Waals surface area (Å²) in [4.78, 5) is 11.1. The zero-order valence-electron chi connectivity index (χ0n) is 9.01. The van der Waals surface area contributed by atoms with Crippen molar-refractivity contribution in [3.63, 3.8) is 0 Å². The summed E-state index contributed by atoms with van der Waals surface area (Å²) in [5.41, 5.74) is 0.828. The van der Waals surface area contributed by atoms with Gasteiger partial charge in [-0.1, -0.05) is 30.3 Å². The van der Waals surface area contributed by atoms with E-state index in [1.807, 2.05) is 37.3 Å². The Morgan fingerprint density at radius 2 is 2.00 bits per heavy atom. The molecule has 0 amide bonds. The zero-order valence-corrected chi connectivity index (χ0v) is 9.01. The summed E-state index contributed by atoms with van der Waals surface area (Å²) in [6, 6.07) is 9.25. The lowest BCUT2D eigenvalue weighted by Gasteiger charge is -2.16. The van der Waals surface area contributed by atoms with E-state index in [0.29, 0.717) is 6.42 Å². The Hall–Kier alpha value is -1.35. The molecule has 0 radical (unpaired) electrons. The van der Waals surface area contributed by atoms with Crippen LogP contribution >= 0.6 is 0 Å². The standard InChI is InChI=1S/C12H16O3/c1-9(15-2)8-11(12(13)14)10-6-4-3-5-7-10/h3-7,9,11H,8H2,1-2H3,(H,13,14). The SMILES string of the molecule is COC(C)CC(C(=O)O)c1ccccc1. The second kappa shape index (κ2) is 5.51. The zero-order chi connectivity index (χ0) is 11.3. The smallest absolute Gasteiger partial charge is 0.311 e. The Balaban J connectivity index is 2.80. The van der Waals surface area contributed by atoms with Gasteiger partial charge >= 0.3 is 5.97 Å². The molecule has 0 heterocycles. The van der Waals surface area contributed by atoms with Crippen molar-refractivity contribution in [3.8, 4) is 0 Å². The third kappa shape index (κ3) is 3.36. The number of hydrogen-bond acceptors (Lipinski definition) is 2. The predicted molar refractivity (Wildman–Crippen MR) is 57.9 cm³/mol. The Labute approximate surface area is 89.7 Å². The fourth-order valence-corrected chi connectivity index (χ4v) is 1.49. The van der Waals surface area contributed by atoms with Gasteiger partial charge in [-0.05, 0) is 18.9 Å². The molecule has 2 atom stereocenters. The first-order chi connectivity index (χ1) is 7.15. The quantitative estimate of drug-likeness (QED) is 0.807. The lowest BCUT2D eigenvalue weighted by molar-refractivity contribution is -0.139. The molecule has 82 valence electrons. The highest BCUT2D eigenvalue weighted by Crippen LogP contribution is 2.22. The Kier molecular flexibility index (Phi) is 4.31. The molecule has 0 aromatic heterocycles. The van der Waals surface area contributed by atoms with Gasteiger partial charge in [-0.2, -0.15) is 0 Å². The molecule has 0 fully saturated rings. The lowest BCUT2D eigenvalue weighted by atomic mass is 9.94. The highest BCUT2D eigenvalue weighted by atomic mass is 16.5. The predicted octanol–water partition coefficient (Wildman–Crippen LogP) is 2.28. The van der Waals surface area contributed by atoms with Gasteiger partial charge in [0, 0.05) is 7.11 Å². The minimum absolute atomic E-state index is 0.0497. The average Bonchev–Trinajstić information content (AvgIpc) is 2.26. The molecule has 3 heteroatoms. The van der Waals surface area contributed by atoms with Crippen LogP contribution in [0.25, 0.3) is 0 Å². The summed E-state index contributed by atoms with van der Waals surface area (Å²) in [7, 11) is 1.59. The molecule has 0 saturated heterocycles. The number of ether oxygens (including phenoxy) is 1. The first kappa shape index (κ1) is 11.7. The average molecular weight is 208 g/mol. The van der Waals surface area contributed by atoms with Crippen LogP contribution in [0.1, 0.15) is 24.8 Å². The van der Waals surface area contributed by atoms with Crippen molar-refractivity contribution in [1.29, 1.82) is 0 Å². The van der Waals surface area contributed by atoms with Gasteiger partial charge in [0.15, 0.2) is 0 Å². The minimum atomic E-state index is -0.801. The summed E-state index contributed by atoms with van der Waals surface area (Å²) in [6.07, 6.45) is 0.446. The molecule has 0 bridgehead atoms. The molecule has 15 heavy (non-hydrogen) atoms. The molecule has 0 aliphatic heterocycles. The molecule has 1 aromatic rings. The molecule has 2 unspecified atom stereocenters. The Bertz CT molecular complexity index is 308. The minimum Gasteiger partial charge on any atom is -0.481 e. The van der Waals surface area contributed by atoms with Crippen molar-refractivity contribution < 1.29 is 14.6 Å². The Morgan fingerprint density at radius 3 is 2.47 bits per heavy atom. The van der Waals surface area contributed by atoms with Crippen LogP contribution in [0.5, 0.6) is 0 Å². The van der Waals surface area contributed by atoms with E-state index in [-0.39, 0.29) is 6.10 Å². The van der Waals surface area contributed by atoms with Gasteiger partial charge in [-0.3, -0.25) is 4.79 Å². The molecular formula is C12H16O3. The van der Waals surface area contributed by atoms with Crippen LogP contribution in [0.3, 0.4) is 0 Å². The van der Waals surface area contributed by atoms with Crippen LogP contribution in [-0.4, -0.2) is 24.3 Å². The molecule has 3 nitrogen and oxygen atoms in total. The maximum absolute atomic E-state index is 11.1. The van der Waals surface area contributed by atoms with E-state index in [2.05, 4.69) is 0 Å². The van der Waals surface area contributed by atoms with Gasteiger partial charge in [0.1, 0.15) is 0 Å². The highest BCUT2D eigenvalue weighted by molar-refractivity contribution is 5.76. The fourth-order valence-electron chi connectivity index (χ4n) is 1.49. The van der Waals surface area contributed by atoms with Crippen LogP contribution in [0, 0.1) is 0 Å². The molecular weight excluding hydrogens is 192 g/mol. The summed E-state index contributed by atoms with van der Waals surface area (Å²) in [5, 5.41) is 9.12. The van der Waals surface area contributed by atoms with Gasteiger partial charge in [0.2, 0.25) is 0 Å². The van der Waals surface area contributed by atoms with E-state index in [4.69, 9.17) is 9.84 Å². The molecule has 1 rings (SSSR count). The molecule has 1 aromatic carbocycles. The molecule has 1 N–H and O–H groups in total. The van der Waals surface area contributed by atoms with Gasteiger partial charge in [-0.25, -0.2) is 0 Å². The maximum atomic E-state index is 11.1. The van der Waals surface area contributed by atoms with Crippen LogP contribution in [-0.2, 0) is 9.53 Å². The van der Waals surface area contributed by atoms with Crippen molar-refractivity contribution in [2.75, 3.05) is 7.11 Å². The third-order valence-corrected chi connectivity index (χ3v) is 2.47. The number of methoxy groups -OCH3 is 1. The van der Waals surface area contributed by atoms with E-state index in [1.54, 1.807) is 7.11 Å². The van der Waals surface area contributed by atoms with Crippen molar-refractivity contribution >= 4 is 5.97 Å². The number of carboxylic acid groups (broad SMARTS) is 1. The van der Waals surface area contributed by atoms with Crippen molar-refractivity contribution in [2.24, 2.45) is 0 Å². The third-order valence-electron chi connectivity index (χ3n) is 2.47. The second-order valence-corrected chi connectivity index (χ2v) is 3.58. The topological polar surface area (TPSA) is 46.5 Å². The second-order valence-electron chi connectivity index (χ2n) is 3.58. The fraction of sp³-hybridized carbons (Fsp3) is 0.417. The van der Waals surface area contributed by atoms with Crippen LogP contribution in [0.4, 0.5) is 0 Å². The van der Waals surface area contributed by atoms with Crippen molar-refractivity contribution in [3.05, 3.63) is 35.9 Å². The first-order valence-electron chi connectivity index (χ1n) is 4.95. The summed E-state index contributed by atoms with van der Waals surface area (Å²) < 4.78 is 5.09. The van der Waals surface area contributed by atoms with Gasteiger partial charge < -0.3 is 9.84 Å². The van der Waals surface area contributed by atoms with E-state index in [1.165, 1.54) is 0 Å². The van der Waals surface area contributed by atoms with Crippen LogP contribution < -0.4 is 0 Å². The number of benzene rings is 1. The number of carbonyl (C=O) groups is 1. The van der Waals surface area contributed by atoms with Crippen LogP contribution in [0.15, 0.2) is 30.3 Å². The molecule has 0 aliphatic rings. The number of rotatable bonds is 5. The highest BCUT2D eigenvalue weighted by Gasteiger charge is 2.21. The lowest BCUT2D eigenvalue weighted by Crippen LogP contribution is -2.18. The Morgan fingerprint density at radius 1 is 1.40 bits per heavy atom. The normalized spacial score (nSPS) is 14.5. The maximum Gasteiger partial charge on any atom is 0.311 e.